The van der Waals surface area contributed by atoms with E-state index < -0.39 is 5.41 Å². The van der Waals surface area contributed by atoms with Crippen molar-refractivity contribution in [2.24, 2.45) is 0 Å². The zero-order chi connectivity index (χ0) is 16.4. The fraction of sp³-hybridized carbons (Fsp3) is 0.350. The Morgan fingerprint density at radius 2 is 1.87 bits per heavy atom. The lowest BCUT2D eigenvalue weighted by Gasteiger charge is -2.26. The third-order valence-electron chi connectivity index (χ3n) is 4.96. The zero-order valence-corrected chi connectivity index (χ0v) is 14.0. The number of likely N-dealkylation sites (tertiary alicyclic amines) is 1. The number of rotatable bonds is 4. The predicted octanol–water partition coefficient (Wildman–Crippen LogP) is 3.69. The maximum absolute atomic E-state index is 13.1. The Morgan fingerprint density at radius 3 is 2.57 bits per heavy atom. The largest absolute Gasteiger partial charge is 0.496 e. The second kappa shape index (κ2) is 6.07. The van der Waals surface area contributed by atoms with Crippen molar-refractivity contribution in [3.8, 4) is 5.75 Å². The number of carbonyl (C=O) groups is 1. The van der Waals surface area contributed by atoms with Gasteiger partial charge < -0.3 is 9.64 Å². The van der Waals surface area contributed by atoms with Crippen molar-refractivity contribution in [2.45, 2.75) is 32.2 Å². The van der Waals surface area contributed by atoms with Crippen LogP contribution >= 0.6 is 0 Å². The van der Waals surface area contributed by atoms with E-state index in [1.54, 1.807) is 7.11 Å². The maximum atomic E-state index is 13.1. The molecule has 0 radical (unpaired) electrons. The average Bonchev–Trinajstić information content (AvgIpc) is 2.85. The summed E-state index contributed by atoms with van der Waals surface area (Å²) in [6.45, 7) is 5.56. The fourth-order valence-corrected chi connectivity index (χ4v) is 3.55. The van der Waals surface area contributed by atoms with Gasteiger partial charge in [0, 0.05) is 13.1 Å². The van der Waals surface area contributed by atoms with Crippen LogP contribution in [0.5, 0.6) is 5.75 Å². The summed E-state index contributed by atoms with van der Waals surface area (Å²) in [5.41, 5.74) is 2.85. The third-order valence-corrected chi connectivity index (χ3v) is 4.96. The molecular formula is C20H23NO2. The van der Waals surface area contributed by atoms with Gasteiger partial charge in [-0.1, -0.05) is 42.5 Å². The lowest BCUT2D eigenvalue weighted by atomic mass is 9.78. The van der Waals surface area contributed by atoms with Crippen molar-refractivity contribution in [2.75, 3.05) is 13.7 Å². The zero-order valence-electron chi connectivity index (χ0n) is 14.0. The van der Waals surface area contributed by atoms with Crippen molar-refractivity contribution < 1.29 is 9.53 Å². The molecule has 1 unspecified atom stereocenters. The van der Waals surface area contributed by atoms with Gasteiger partial charge >= 0.3 is 0 Å². The highest BCUT2D eigenvalue weighted by atomic mass is 16.5. The number of hydrogen-bond donors (Lipinski definition) is 0. The van der Waals surface area contributed by atoms with Gasteiger partial charge in [-0.15, -0.1) is 0 Å². The minimum absolute atomic E-state index is 0.206. The highest BCUT2D eigenvalue weighted by Crippen LogP contribution is 2.39. The van der Waals surface area contributed by atoms with Crippen LogP contribution in [0.4, 0.5) is 0 Å². The number of hydrogen-bond acceptors (Lipinski definition) is 2. The van der Waals surface area contributed by atoms with Crippen molar-refractivity contribution in [3.63, 3.8) is 0 Å². The van der Waals surface area contributed by atoms with Crippen LogP contribution in [0, 0.1) is 6.92 Å². The third kappa shape index (κ3) is 2.72. The summed E-state index contributed by atoms with van der Waals surface area (Å²) in [5, 5.41) is 0. The topological polar surface area (TPSA) is 29.5 Å². The number of amides is 1. The maximum Gasteiger partial charge on any atom is 0.233 e. The van der Waals surface area contributed by atoms with E-state index in [1.807, 2.05) is 42.2 Å². The smallest absolute Gasteiger partial charge is 0.233 e. The molecule has 0 bridgehead atoms. The molecule has 1 aliphatic rings. The molecule has 3 rings (SSSR count). The number of carbonyl (C=O) groups excluding carboxylic acids is 1. The lowest BCUT2D eigenvalue weighted by Crippen LogP contribution is -2.35. The molecule has 2 aromatic carbocycles. The molecule has 0 N–H and O–H groups in total. The first-order chi connectivity index (χ1) is 11.1. The van der Waals surface area contributed by atoms with Crippen LogP contribution in [0.1, 0.15) is 30.0 Å². The standard InChI is InChI=1S/C20H23NO2/c1-15-17(10-7-11-18(15)23-3)20(2)12-13-21(19(20)22)14-16-8-5-4-6-9-16/h4-11H,12-14H2,1-3H3. The first kappa shape index (κ1) is 15.6. The summed E-state index contributed by atoms with van der Waals surface area (Å²) in [5.74, 6) is 1.05. The minimum Gasteiger partial charge on any atom is -0.496 e. The number of methoxy groups -OCH3 is 1. The van der Waals surface area contributed by atoms with Crippen molar-refractivity contribution in [3.05, 3.63) is 65.2 Å². The Bertz CT molecular complexity index is 711. The Morgan fingerprint density at radius 1 is 1.13 bits per heavy atom. The molecule has 0 aromatic heterocycles. The summed E-state index contributed by atoms with van der Waals surface area (Å²) in [4.78, 5) is 15.0. The number of benzene rings is 2. The van der Waals surface area contributed by atoms with E-state index >= 15 is 0 Å². The SMILES string of the molecule is COc1cccc(C2(C)CCN(Cc3ccccc3)C2=O)c1C. The van der Waals surface area contributed by atoms with Gasteiger partial charge in [0.15, 0.2) is 0 Å². The molecule has 1 heterocycles. The molecule has 120 valence electrons. The van der Waals surface area contributed by atoms with Crippen LogP contribution in [-0.4, -0.2) is 24.5 Å². The Kier molecular flexibility index (Phi) is 4.12. The summed E-state index contributed by atoms with van der Waals surface area (Å²) >= 11 is 0. The molecule has 23 heavy (non-hydrogen) atoms. The van der Waals surface area contributed by atoms with Gasteiger partial charge in [-0.25, -0.2) is 0 Å². The molecule has 1 amide bonds. The quantitative estimate of drug-likeness (QED) is 0.862. The molecule has 0 aliphatic carbocycles. The van der Waals surface area contributed by atoms with E-state index in [9.17, 15) is 4.79 Å². The van der Waals surface area contributed by atoms with Gasteiger partial charge in [-0.2, -0.15) is 0 Å². The molecular weight excluding hydrogens is 286 g/mol. The van der Waals surface area contributed by atoms with Crippen LogP contribution in [-0.2, 0) is 16.8 Å². The molecule has 2 aromatic rings. The van der Waals surface area contributed by atoms with Crippen molar-refractivity contribution in [1.82, 2.24) is 4.90 Å². The molecule has 1 aliphatic heterocycles. The van der Waals surface area contributed by atoms with Gasteiger partial charge in [-0.05, 0) is 43.0 Å². The molecule has 0 spiro atoms. The summed E-state index contributed by atoms with van der Waals surface area (Å²) in [6, 6.07) is 16.1. The van der Waals surface area contributed by atoms with E-state index in [0.717, 1.165) is 29.8 Å². The monoisotopic (exact) mass is 309 g/mol. The van der Waals surface area contributed by atoms with Crippen molar-refractivity contribution >= 4 is 5.91 Å². The number of nitrogens with zero attached hydrogens (tertiary/aromatic N) is 1. The predicted molar refractivity (Wildman–Crippen MR) is 91.6 cm³/mol. The van der Waals surface area contributed by atoms with E-state index in [2.05, 4.69) is 25.1 Å². The summed E-state index contributed by atoms with van der Waals surface area (Å²) in [6.07, 6.45) is 0.840. The summed E-state index contributed by atoms with van der Waals surface area (Å²) in [7, 11) is 1.67. The molecule has 1 fully saturated rings. The second-order valence-corrected chi connectivity index (χ2v) is 6.43. The van der Waals surface area contributed by atoms with Crippen LogP contribution < -0.4 is 4.74 Å². The summed E-state index contributed by atoms with van der Waals surface area (Å²) < 4.78 is 5.42. The van der Waals surface area contributed by atoms with Gasteiger partial charge in [0.05, 0.1) is 12.5 Å². The normalized spacial score (nSPS) is 20.8. The van der Waals surface area contributed by atoms with Crippen LogP contribution in [0.25, 0.3) is 0 Å². The Labute approximate surface area is 137 Å². The van der Waals surface area contributed by atoms with Crippen LogP contribution in [0.3, 0.4) is 0 Å². The Hall–Kier alpha value is -2.29. The van der Waals surface area contributed by atoms with E-state index in [4.69, 9.17) is 4.74 Å². The van der Waals surface area contributed by atoms with Gasteiger partial charge in [0.1, 0.15) is 5.75 Å². The van der Waals surface area contributed by atoms with E-state index in [0.29, 0.717) is 6.54 Å². The molecule has 3 nitrogen and oxygen atoms in total. The Balaban J connectivity index is 1.88. The van der Waals surface area contributed by atoms with Crippen molar-refractivity contribution in [1.29, 1.82) is 0 Å². The first-order valence-corrected chi connectivity index (χ1v) is 8.03. The van der Waals surface area contributed by atoms with Crippen LogP contribution in [0.2, 0.25) is 0 Å². The van der Waals surface area contributed by atoms with E-state index in [-0.39, 0.29) is 5.91 Å². The van der Waals surface area contributed by atoms with Gasteiger partial charge in [0.25, 0.3) is 0 Å². The first-order valence-electron chi connectivity index (χ1n) is 8.03. The molecule has 1 saturated heterocycles. The van der Waals surface area contributed by atoms with Gasteiger partial charge in [-0.3, -0.25) is 4.79 Å². The highest BCUT2D eigenvalue weighted by molar-refractivity contribution is 5.90. The second-order valence-electron chi connectivity index (χ2n) is 6.43. The lowest BCUT2D eigenvalue weighted by molar-refractivity contribution is -0.132. The molecule has 1 atom stereocenters. The highest BCUT2D eigenvalue weighted by Gasteiger charge is 2.44. The average molecular weight is 309 g/mol. The minimum atomic E-state index is -0.465. The van der Waals surface area contributed by atoms with E-state index in [1.165, 1.54) is 5.56 Å². The fourth-order valence-electron chi connectivity index (χ4n) is 3.55. The molecule has 3 heteroatoms. The van der Waals surface area contributed by atoms with Crippen LogP contribution in [0.15, 0.2) is 48.5 Å². The number of ether oxygens (including phenoxy) is 1. The molecule has 0 saturated carbocycles. The van der Waals surface area contributed by atoms with Gasteiger partial charge in [0.2, 0.25) is 5.91 Å².